The van der Waals surface area contributed by atoms with Crippen molar-refractivity contribution in [3.8, 4) is 0 Å². The number of nitrogens with two attached hydrogens (primary N) is 1. The first-order valence-electron chi connectivity index (χ1n) is 13.1. The molecule has 1 saturated carbocycles. The number of rotatable bonds is 12. The first-order chi connectivity index (χ1) is 18.7. The number of hydrazine groups is 1. The van der Waals surface area contributed by atoms with Gasteiger partial charge >= 0.3 is 6.18 Å². The van der Waals surface area contributed by atoms with Crippen LogP contribution in [0.15, 0.2) is 84.9 Å². The molecular weight excluding hydrogens is 505 g/mol. The van der Waals surface area contributed by atoms with Gasteiger partial charge in [-0.15, -0.1) is 0 Å². The first-order valence-corrected chi connectivity index (χ1v) is 13.1. The predicted molar refractivity (Wildman–Crippen MR) is 143 cm³/mol. The van der Waals surface area contributed by atoms with E-state index in [9.17, 15) is 22.8 Å². The Hall–Kier alpha value is -3.69. The number of alkyl halides is 3. The van der Waals surface area contributed by atoms with Crippen LogP contribution < -0.4 is 16.5 Å². The highest BCUT2D eigenvalue weighted by Crippen LogP contribution is 2.40. The lowest BCUT2D eigenvalue weighted by atomic mass is 10.1. The third-order valence-corrected chi connectivity index (χ3v) is 6.90. The molecule has 3 aromatic rings. The SMILES string of the molecule is NN(Cc1ccccc1)C(=O)[C@H](CCCCNC1CC1c1ccccc1)NC(=O)c1ccc(C(F)(F)F)cc1. The molecule has 0 spiro atoms. The van der Waals surface area contributed by atoms with E-state index in [0.717, 1.165) is 54.2 Å². The van der Waals surface area contributed by atoms with Crippen LogP contribution >= 0.6 is 0 Å². The third-order valence-electron chi connectivity index (χ3n) is 6.90. The molecule has 2 amide bonds. The summed E-state index contributed by atoms with van der Waals surface area (Å²) in [7, 11) is 0. The van der Waals surface area contributed by atoms with E-state index in [2.05, 4.69) is 22.8 Å². The first kappa shape index (κ1) is 28.3. The lowest BCUT2D eigenvalue weighted by Crippen LogP contribution is -2.51. The molecule has 2 unspecified atom stereocenters. The number of amides is 2. The number of nitrogens with one attached hydrogen (secondary N) is 2. The quantitative estimate of drug-likeness (QED) is 0.131. The molecule has 0 aliphatic heterocycles. The fourth-order valence-electron chi connectivity index (χ4n) is 4.62. The minimum absolute atomic E-state index is 0.0368. The lowest BCUT2D eigenvalue weighted by Gasteiger charge is -2.24. The van der Waals surface area contributed by atoms with Crippen molar-refractivity contribution in [3.05, 3.63) is 107 Å². The van der Waals surface area contributed by atoms with Gasteiger partial charge in [0.1, 0.15) is 6.04 Å². The second kappa shape index (κ2) is 12.9. The van der Waals surface area contributed by atoms with Crippen LogP contribution in [0.25, 0.3) is 0 Å². The van der Waals surface area contributed by atoms with Gasteiger partial charge in [-0.1, -0.05) is 60.7 Å². The maximum atomic E-state index is 13.2. The number of benzene rings is 3. The lowest BCUT2D eigenvalue weighted by molar-refractivity contribution is -0.137. The van der Waals surface area contributed by atoms with Crippen molar-refractivity contribution in [2.75, 3.05) is 6.54 Å². The Morgan fingerprint density at radius 3 is 2.21 bits per heavy atom. The van der Waals surface area contributed by atoms with Gasteiger partial charge in [-0.2, -0.15) is 13.2 Å². The molecule has 3 atom stereocenters. The molecule has 1 aliphatic carbocycles. The normalized spacial score (nSPS) is 17.3. The fraction of sp³-hybridized carbons (Fsp3) is 0.333. The molecule has 9 heteroatoms. The van der Waals surface area contributed by atoms with E-state index in [0.29, 0.717) is 24.8 Å². The van der Waals surface area contributed by atoms with Gasteiger partial charge in [-0.3, -0.25) is 14.6 Å². The Kier molecular flexibility index (Phi) is 9.37. The number of hydrogen-bond acceptors (Lipinski definition) is 4. The van der Waals surface area contributed by atoms with E-state index in [1.54, 1.807) is 0 Å². The second-order valence-electron chi connectivity index (χ2n) is 9.86. The van der Waals surface area contributed by atoms with Crippen LogP contribution in [0.4, 0.5) is 13.2 Å². The van der Waals surface area contributed by atoms with Gasteiger partial charge < -0.3 is 10.6 Å². The van der Waals surface area contributed by atoms with Crippen molar-refractivity contribution in [1.29, 1.82) is 0 Å². The molecule has 6 nitrogen and oxygen atoms in total. The highest BCUT2D eigenvalue weighted by Gasteiger charge is 2.37. The van der Waals surface area contributed by atoms with Gasteiger partial charge in [0.15, 0.2) is 0 Å². The van der Waals surface area contributed by atoms with E-state index in [-0.39, 0.29) is 12.1 Å². The minimum Gasteiger partial charge on any atom is -0.340 e. The molecule has 0 heterocycles. The monoisotopic (exact) mass is 538 g/mol. The average Bonchev–Trinajstić information content (AvgIpc) is 3.72. The summed E-state index contributed by atoms with van der Waals surface area (Å²) in [6, 6.07) is 23.0. The molecule has 4 rings (SSSR count). The molecule has 3 aromatic carbocycles. The highest BCUT2D eigenvalue weighted by atomic mass is 19.4. The van der Waals surface area contributed by atoms with E-state index in [1.807, 2.05) is 48.5 Å². The maximum absolute atomic E-state index is 13.2. The summed E-state index contributed by atoms with van der Waals surface area (Å²) in [4.78, 5) is 26.0. The molecule has 0 aromatic heterocycles. The largest absolute Gasteiger partial charge is 0.416 e. The molecule has 0 saturated heterocycles. The summed E-state index contributed by atoms with van der Waals surface area (Å²) in [5, 5.41) is 7.30. The Bertz CT molecular complexity index is 1220. The van der Waals surface area contributed by atoms with Crippen molar-refractivity contribution in [2.24, 2.45) is 5.84 Å². The Morgan fingerprint density at radius 1 is 0.923 bits per heavy atom. The molecule has 4 N–H and O–H groups in total. The average molecular weight is 539 g/mol. The van der Waals surface area contributed by atoms with E-state index < -0.39 is 29.6 Å². The van der Waals surface area contributed by atoms with E-state index >= 15 is 0 Å². The van der Waals surface area contributed by atoms with Crippen LogP contribution in [0, 0.1) is 0 Å². The maximum Gasteiger partial charge on any atom is 0.416 e. The summed E-state index contributed by atoms with van der Waals surface area (Å²) in [6.45, 7) is 0.939. The zero-order valence-electron chi connectivity index (χ0n) is 21.5. The van der Waals surface area contributed by atoms with Gasteiger partial charge in [0.05, 0.1) is 12.1 Å². The standard InChI is InChI=1S/C30H33F3N4O2/c31-30(32,33)24-16-14-23(15-17-24)28(38)36-26(29(39)37(34)20-21-9-3-1-4-10-21)13-7-8-18-35-27-19-25(27)22-11-5-2-6-12-22/h1-6,9-12,14-17,25-27,35H,7-8,13,18-20,34H2,(H,36,38)/t25?,26-,27?/m0/s1. The third kappa shape index (κ3) is 8.15. The molecule has 0 radical (unpaired) electrons. The van der Waals surface area contributed by atoms with Crippen LogP contribution in [0.2, 0.25) is 0 Å². The van der Waals surface area contributed by atoms with Gasteiger partial charge in [-0.05, 0) is 67.6 Å². The van der Waals surface area contributed by atoms with Crippen molar-refractivity contribution in [3.63, 3.8) is 0 Å². The van der Waals surface area contributed by atoms with Gasteiger partial charge in [0.2, 0.25) is 0 Å². The van der Waals surface area contributed by atoms with Gasteiger partial charge in [0.25, 0.3) is 11.8 Å². The van der Waals surface area contributed by atoms with Crippen molar-refractivity contribution < 1.29 is 22.8 Å². The molecule has 0 bridgehead atoms. The molecular formula is C30H33F3N4O2. The predicted octanol–water partition coefficient (Wildman–Crippen LogP) is 5.02. The van der Waals surface area contributed by atoms with Gasteiger partial charge in [-0.25, -0.2) is 5.84 Å². The van der Waals surface area contributed by atoms with Crippen molar-refractivity contribution in [2.45, 2.75) is 56.4 Å². The smallest absolute Gasteiger partial charge is 0.340 e. The van der Waals surface area contributed by atoms with Crippen LogP contribution in [0.1, 0.15) is 58.6 Å². The summed E-state index contributed by atoms with van der Waals surface area (Å²) in [5.41, 5.74) is 1.35. The summed E-state index contributed by atoms with van der Waals surface area (Å²) in [5.74, 6) is 5.51. The molecule has 206 valence electrons. The number of nitrogens with zero attached hydrogens (tertiary/aromatic N) is 1. The zero-order valence-corrected chi connectivity index (χ0v) is 21.5. The van der Waals surface area contributed by atoms with Crippen LogP contribution in [-0.4, -0.2) is 35.5 Å². The zero-order chi connectivity index (χ0) is 27.8. The van der Waals surface area contributed by atoms with Crippen molar-refractivity contribution in [1.82, 2.24) is 15.6 Å². The number of unbranched alkanes of at least 4 members (excludes halogenated alkanes) is 1. The highest BCUT2D eigenvalue weighted by molar-refractivity contribution is 5.97. The van der Waals surface area contributed by atoms with E-state index in [4.69, 9.17) is 5.84 Å². The van der Waals surface area contributed by atoms with Crippen LogP contribution in [-0.2, 0) is 17.5 Å². The topological polar surface area (TPSA) is 87.5 Å². The molecule has 1 fully saturated rings. The fourth-order valence-corrected chi connectivity index (χ4v) is 4.62. The number of hydrogen-bond donors (Lipinski definition) is 3. The molecule has 39 heavy (non-hydrogen) atoms. The Balaban J connectivity index is 1.32. The Labute approximate surface area is 226 Å². The van der Waals surface area contributed by atoms with Crippen LogP contribution in [0.3, 0.4) is 0 Å². The number of carbonyl (C=O) groups excluding carboxylic acids is 2. The summed E-state index contributed by atoms with van der Waals surface area (Å²) >= 11 is 0. The second-order valence-corrected chi connectivity index (χ2v) is 9.86. The van der Waals surface area contributed by atoms with Crippen LogP contribution in [0.5, 0.6) is 0 Å². The summed E-state index contributed by atoms with van der Waals surface area (Å²) < 4.78 is 38.7. The Morgan fingerprint density at radius 2 is 1.56 bits per heavy atom. The van der Waals surface area contributed by atoms with Crippen molar-refractivity contribution >= 4 is 11.8 Å². The van der Waals surface area contributed by atoms with E-state index in [1.165, 1.54) is 5.56 Å². The number of carbonyl (C=O) groups is 2. The molecule has 1 aliphatic rings. The number of halogens is 3. The van der Waals surface area contributed by atoms with Gasteiger partial charge in [0, 0.05) is 17.5 Å². The minimum atomic E-state index is -4.50. The summed E-state index contributed by atoms with van der Waals surface area (Å²) in [6.07, 6.45) is -1.61.